The van der Waals surface area contributed by atoms with Crippen LogP contribution in [0.3, 0.4) is 0 Å². The lowest BCUT2D eigenvalue weighted by Gasteiger charge is -2.32. The number of likely N-dealkylation sites (tertiary alicyclic amines) is 1. The molecule has 3 rings (SSSR count). The molecule has 0 aliphatic carbocycles. The molecule has 2 aromatic rings. The van der Waals surface area contributed by atoms with E-state index < -0.39 is 11.7 Å². The van der Waals surface area contributed by atoms with Crippen LogP contribution in [0, 0.1) is 5.92 Å². The van der Waals surface area contributed by atoms with E-state index in [1.54, 1.807) is 11.0 Å². The first-order valence-corrected chi connectivity index (χ1v) is 11.7. The van der Waals surface area contributed by atoms with Crippen molar-refractivity contribution in [3.8, 4) is 0 Å². The van der Waals surface area contributed by atoms with Gasteiger partial charge in [0, 0.05) is 38.1 Å². The molecule has 7 nitrogen and oxygen atoms in total. The van der Waals surface area contributed by atoms with E-state index in [4.69, 9.17) is 0 Å². The number of halogens is 3. The number of aromatic nitrogens is 2. The number of nitrogens with zero attached hydrogens (tertiary/aromatic N) is 2. The third-order valence-electron chi connectivity index (χ3n) is 6.17. The molecule has 0 bridgehead atoms. The van der Waals surface area contributed by atoms with Crippen LogP contribution in [0.25, 0.3) is 0 Å². The molecule has 0 unspecified atom stereocenters. The first kappa shape index (κ1) is 25.7. The second-order valence-corrected chi connectivity index (χ2v) is 8.67. The first-order valence-electron chi connectivity index (χ1n) is 11.7. The smallest absolute Gasteiger partial charge is 0.354 e. The molecule has 0 atom stereocenters. The van der Waals surface area contributed by atoms with Gasteiger partial charge in [-0.2, -0.15) is 13.2 Å². The van der Waals surface area contributed by atoms with Crippen molar-refractivity contribution in [1.29, 1.82) is 0 Å². The number of hydrogen-bond acceptors (Lipinski definition) is 4. The maximum absolute atomic E-state index is 12.7. The van der Waals surface area contributed by atoms with Crippen LogP contribution < -0.4 is 10.6 Å². The van der Waals surface area contributed by atoms with E-state index in [0.29, 0.717) is 37.4 Å². The molecule has 3 N–H and O–H groups in total. The summed E-state index contributed by atoms with van der Waals surface area (Å²) in [6.07, 6.45) is 1.69. The molecule has 2 amide bonds. The average Bonchev–Trinajstić information content (AvgIpc) is 3.31. The molecule has 10 heteroatoms. The van der Waals surface area contributed by atoms with Gasteiger partial charge in [-0.15, -0.1) is 0 Å². The van der Waals surface area contributed by atoms with E-state index in [0.717, 1.165) is 62.9 Å². The summed E-state index contributed by atoms with van der Waals surface area (Å²) in [7, 11) is 1.89. The Morgan fingerprint density at radius 1 is 1.12 bits per heavy atom. The Labute approximate surface area is 197 Å². The Bertz CT molecular complexity index is 935. The largest absolute Gasteiger partial charge is 0.417 e. The van der Waals surface area contributed by atoms with Gasteiger partial charge in [-0.1, -0.05) is 12.8 Å². The van der Waals surface area contributed by atoms with Crippen LogP contribution >= 0.6 is 0 Å². The van der Waals surface area contributed by atoms with E-state index in [2.05, 4.69) is 20.6 Å². The number of alkyl halides is 3. The maximum atomic E-state index is 12.7. The predicted octanol–water partition coefficient (Wildman–Crippen LogP) is 3.64. The molecule has 0 saturated carbocycles. The fraction of sp³-hybridized carbons (Fsp3) is 0.542. The minimum atomic E-state index is -4.46. The summed E-state index contributed by atoms with van der Waals surface area (Å²) >= 11 is 0. The van der Waals surface area contributed by atoms with Gasteiger partial charge in [0.25, 0.3) is 11.8 Å². The number of H-pyrrole nitrogens is 1. The summed E-state index contributed by atoms with van der Waals surface area (Å²) in [4.78, 5) is 33.3. The van der Waals surface area contributed by atoms with Gasteiger partial charge in [0.05, 0.1) is 5.56 Å². The van der Waals surface area contributed by atoms with Gasteiger partial charge in [-0.25, -0.2) is 0 Å². The lowest BCUT2D eigenvalue weighted by molar-refractivity contribution is -0.137. The molecule has 3 heterocycles. The van der Waals surface area contributed by atoms with Crippen molar-refractivity contribution < 1.29 is 22.8 Å². The summed E-state index contributed by atoms with van der Waals surface area (Å²) in [6.45, 7) is 2.61. The number of nitrogens with one attached hydrogen (secondary N) is 3. The Hall–Kier alpha value is -2.88. The molecule has 1 saturated heterocycles. The number of hydrogen-bond donors (Lipinski definition) is 3. The summed E-state index contributed by atoms with van der Waals surface area (Å²) < 4.78 is 38.0. The first-order chi connectivity index (χ1) is 16.3. The number of unbranched alkanes of at least 4 members (excludes halogenated alkanes) is 1. The molecule has 2 aromatic heterocycles. The Balaban J connectivity index is 1.31. The minimum Gasteiger partial charge on any atom is -0.354 e. The molecular formula is C24H32F3N5O2. The zero-order valence-corrected chi connectivity index (χ0v) is 19.4. The summed E-state index contributed by atoms with van der Waals surface area (Å²) in [5.41, 5.74) is 0.781. The van der Waals surface area contributed by atoms with Crippen molar-refractivity contribution in [3.63, 3.8) is 0 Å². The van der Waals surface area contributed by atoms with Crippen LogP contribution in [0.4, 0.5) is 13.2 Å². The lowest BCUT2D eigenvalue weighted by Crippen LogP contribution is -2.38. The highest BCUT2D eigenvalue weighted by Gasteiger charge is 2.31. The van der Waals surface area contributed by atoms with E-state index in [-0.39, 0.29) is 17.5 Å². The molecule has 1 aliphatic heterocycles. The van der Waals surface area contributed by atoms with Crippen molar-refractivity contribution in [1.82, 2.24) is 25.5 Å². The van der Waals surface area contributed by atoms with Crippen LogP contribution in [0.1, 0.15) is 64.3 Å². The van der Waals surface area contributed by atoms with Crippen molar-refractivity contribution in [2.24, 2.45) is 5.92 Å². The number of piperidine rings is 1. The third-order valence-corrected chi connectivity index (χ3v) is 6.17. The van der Waals surface area contributed by atoms with Crippen molar-refractivity contribution in [2.45, 2.75) is 44.7 Å². The van der Waals surface area contributed by atoms with Gasteiger partial charge in [0.1, 0.15) is 11.4 Å². The molecule has 0 spiro atoms. The molecule has 0 radical (unpaired) electrons. The standard InChI is InChI=1S/C24H32F3N5O2/c1-28-13-9-19-6-8-20(31-19)22(33)29-12-3-2-4-17-10-14-32(15-11-17)23(34)21-7-5-18(16-30-21)24(25,26)27/h5-8,16-17,28,31H,2-4,9-15H2,1H3,(H,29,33). The highest BCUT2D eigenvalue weighted by molar-refractivity contribution is 5.92. The van der Waals surface area contributed by atoms with Crippen LogP contribution in [0.5, 0.6) is 0 Å². The number of likely N-dealkylation sites (N-methyl/N-ethyl adjacent to an activating group) is 1. The monoisotopic (exact) mass is 479 g/mol. The SMILES string of the molecule is CNCCc1ccc(C(=O)NCCCCC2CCN(C(=O)c3ccc(C(F)(F)F)cn3)CC2)[nH]1. The van der Waals surface area contributed by atoms with Crippen molar-refractivity contribution in [2.75, 3.05) is 33.2 Å². The van der Waals surface area contributed by atoms with Crippen molar-refractivity contribution in [3.05, 3.63) is 53.1 Å². The number of carbonyl (C=O) groups is 2. The van der Waals surface area contributed by atoms with E-state index in [1.165, 1.54) is 0 Å². The van der Waals surface area contributed by atoms with E-state index in [1.807, 2.05) is 13.1 Å². The fourth-order valence-corrected chi connectivity index (χ4v) is 4.11. The zero-order chi connectivity index (χ0) is 24.6. The van der Waals surface area contributed by atoms with Gasteiger partial charge in [0.2, 0.25) is 0 Å². The summed E-state index contributed by atoms with van der Waals surface area (Å²) in [6, 6.07) is 5.76. The van der Waals surface area contributed by atoms with Gasteiger partial charge >= 0.3 is 6.18 Å². The number of aromatic amines is 1. The number of pyridine rings is 1. The van der Waals surface area contributed by atoms with Crippen LogP contribution in [-0.2, 0) is 12.6 Å². The average molecular weight is 480 g/mol. The minimum absolute atomic E-state index is 0.0402. The number of rotatable bonds is 10. The van der Waals surface area contributed by atoms with Crippen LogP contribution in [-0.4, -0.2) is 59.9 Å². The molecular weight excluding hydrogens is 447 g/mol. The van der Waals surface area contributed by atoms with E-state index in [9.17, 15) is 22.8 Å². The number of amides is 2. The molecule has 186 valence electrons. The zero-order valence-electron chi connectivity index (χ0n) is 19.4. The Kier molecular flexibility index (Phi) is 9.09. The number of carbonyl (C=O) groups excluding carboxylic acids is 2. The van der Waals surface area contributed by atoms with Gasteiger partial charge in [0.15, 0.2) is 0 Å². The second kappa shape index (κ2) is 12.0. The molecule has 1 fully saturated rings. The molecule has 34 heavy (non-hydrogen) atoms. The summed E-state index contributed by atoms with van der Waals surface area (Å²) in [5, 5.41) is 6.02. The van der Waals surface area contributed by atoms with Crippen LogP contribution in [0.15, 0.2) is 30.5 Å². The fourth-order valence-electron chi connectivity index (χ4n) is 4.11. The van der Waals surface area contributed by atoms with Crippen molar-refractivity contribution >= 4 is 11.8 Å². The summed E-state index contributed by atoms with van der Waals surface area (Å²) in [5.74, 6) is 0.0752. The molecule has 0 aromatic carbocycles. The van der Waals surface area contributed by atoms with Gasteiger partial charge < -0.3 is 20.5 Å². The third kappa shape index (κ3) is 7.31. The Morgan fingerprint density at radius 2 is 1.88 bits per heavy atom. The predicted molar refractivity (Wildman–Crippen MR) is 122 cm³/mol. The maximum Gasteiger partial charge on any atom is 0.417 e. The second-order valence-electron chi connectivity index (χ2n) is 8.67. The van der Waals surface area contributed by atoms with Crippen LogP contribution in [0.2, 0.25) is 0 Å². The normalized spacial score (nSPS) is 14.9. The van der Waals surface area contributed by atoms with Gasteiger partial charge in [-0.05, 0) is 62.9 Å². The quantitative estimate of drug-likeness (QED) is 0.454. The molecule has 1 aliphatic rings. The topological polar surface area (TPSA) is 90.1 Å². The highest BCUT2D eigenvalue weighted by Crippen LogP contribution is 2.29. The lowest BCUT2D eigenvalue weighted by atomic mass is 9.91. The highest BCUT2D eigenvalue weighted by atomic mass is 19.4. The van der Waals surface area contributed by atoms with E-state index >= 15 is 0 Å². The van der Waals surface area contributed by atoms with Gasteiger partial charge in [-0.3, -0.25) is 14.6 Å². The Morgan fingerprint density at radius 3 is 2.53 bits per heavy atom.